The van der Waals surface area contributed by atoms with E-state index in [1.807, 2.05) is 0 Å². The van der Waals surface area contributed by atoms with Crippen LogP contribution in [0.1, 0.15) is 16.8 Å². The molecule has 0 bridgehead atoms. The number of aromatic amines is 2. The van der Waals surface area contributed by atoms with Crippen molar-refractivity contribution in [3.8, 4) is 17.3 Å². The van der Waals surface area contributed by atoms with Crippen molar-refractivity contribution in [3.05, 3.63) is 61.6 Å². The highest BCUT2D eigenvalue weighted by atomic mass is 35.5. The van der Waals surface area contributed by atoms with Crippen LogP contribution in [0.3, 0.4) is 0 Å². The molecule has 160 valence electrons. The smallest absolute Gasteiger partial charge is 0.459 e. The van der Waals surface area contributed by atoms with Gasteiger partial charge in [-0.3, -0.25) is 9.89 Å². The van der Waals surface area contributed by atoms with Crippen LogP contribution in [0.25, 0.3) is 11.5 Å². The summed E-state index contributed by atoms with van der Waals surface area (Å²) in [6.07, 6.45) is -5.38. The molecule has 1 aromatic carbocycles. The predicted molar refractivity (Wildman–Crippen MR) is 98.2 cm³/mol. The fraction of sp³-hybridized carbons (Fsp3) is 0.235. The van der Waals surface area contributed by atoms with Crippen LogP contribution in [0.15, 0.2) is 29.2 Å². The highest BCUT2D eigenvalue weighted by molar-refractivity contribution is 6.42. The molecule has 2 N–H and O–H groups in total. The minimum Gasteiger partial charge on any atom is -0.493 e. The zero-order chi connectivity index (χ0) is 22.3. The quantitative estimate of drug-likeness (QED) is 0.530. The van der Waals surface area contributed by atoms with Gasteiger partial charge in [0.1, 0.15) is 5.69 Å². The van der Waals surface area contributed by atoms with E-state index in [2.05, 4.69) is 20.2 Å². The maximum absolute atomic E-state index is 14.3. The summed E-state index contributed by atoms with van der Waals surface area (Å²) < 4.78 is 72.9. The standard InChI is InChI=1S/C17H11Cl2F5N4O2/c1-30-11-6-25-28-12(11)14-26-13(16(20,21)17(22,23)24)8(15(29)27-14)4-7-2-3-9(18)10(19)5-7/h2-3,5-6H,4H2,1H3,(H,25,28)(H,26,27,29). The average molecular weight is 469 g/mol. The predicted octanol–water partition coefficient (Wildman–Crippen LogP) is 4.72. The van der Waals surface area contributed by atoms with Crippen molar-refractivity contribution in [2.45, 2.75) is 18.5 Å². The molecule has 2 aromatic heterocycles. The second kappa shape index (κ2) is 7.88. The van der Waals surface area contributed by atoms with E-state index in [1.165, 1.54) is 31.5 Å². The molecule has 0 spiro atoms. The van der Waals surface area contributed by atoms with Crippen LogP contribution in [0.2, 0.25) is 10.0 Å². The SMILES string of the molecule is COc1c[nH]nc1-c1nc(C(F)(F)C(F)(F)F)c(Cc2ccc(Cl)c(Cl)c2)c(=O)[nH]1. The Bertz CT molecular complexity index is 1140. The maximum atomic E-state index is 14.3. The Kier molecular flexibility index (Phi) is 5.79. The highest BCUT2D eigenvalue weighted by Crippen LogP contribution is 2.44. The lowest BCUT2D eigenvalue weighted by Gasteiger charge is -2.21. The molecule has 0 atom stereocenters. The van der Waals surface area contributed by atoms with Crippen molar-refractivity contribution in [3.63, 3.8) is 0 Å². The van der Waals surface area contributed by atoms with Gasteiger partial charge in [0.05, 0.1) is 23.4 Å². The summed E-state index contributed by atoms with van der Waals surface area (Å²) in [5.41, 5.74) is -3.88. The Labute approximate surface area is 175 Å². The largest absolute Gasteiger partial charge is 0.493 e. The van der Waals surface area contributed by atoms with E-state index < -0.39 is 41.2 Å². The van der Waals surface area contributed by atoms with Gasteiger partial charge in [-0.1, -0.05) is 29.3 Å². The van der Waals surface area contributed by atoms with Crippen LogP contribution >= 0.6 is 23.2 Å². The lowest BCUT2D eigenvalue weighted by atomic mass is 10.0. The molecule has 0 aliphatic carbocycles. The normalized spacial score (nSPS) is 12.3. The Hall–Kier alpha value is -2.66. The minimum absolute atomic E-state index is 0.0170. The molecule has 0 aliphatic heterocycles. The first-order valence-corrected chi connectivity index (χ1v) is 8.81. The first kappa shape index (κ1) is 22.0. The van der Waals surface area contributed by atoms with E-state index in [1.54, 1.807) is 0 Å². The molecular weight excluding hydrogens is 458 g/mol. The number of hydrogen-bond acceptors (Lipinski definition) is 4. The van der Waals surface area contributed by atoms with E-state index >= 15 is 0 Å². The molecule has 0 fully saturated rings. The number of benzene rings is 1. The molecule has 0 unspecified atom stereocenters. The molecule has 30 heavy (non-hydrogen) atoms. The Balaban J connectivity index is 2.23. The third-order valence-corrected chi connectivity index (χ3v) is 4.82. The monoisotopic (exact) mass is 468 g/mol. The van der Waals surface area contributed by atoms with Gasteiger partial charge in [0.25, 0.3) is 5.56 Å². The summed E-state index contributed by atoms with van der Waals surface area (Å²) in [6.45, 7) is 0. The summed E-state index contributed by atoms with van der Waals surface area (Å²) in [4.78, 5) is 18.1. The van der Waals surface area contributed by atoms with Gasteiger partial charge in [-0.05, 0) is 17.7 Å². The summed E-state index contributed by atoms with van der Waals surface area (Å²) in [5, 5.41) is 6.22. The zero-order valence-electron chi connectivity index (χ0n) is 14.9. The van der Waals surface area contributed by atoms with Gasteiger partial charge in [0.2, 0.25) is 0 Å². The molecule has 0 radical (unpaired) electrons. The summed E-state index contributed by atoms with van der Waals surface area (Å²) in [5.74, 6) is -6.04. The van der Waals surface area contributed by atoms with Gasteiger partial charge >= 0.3 is 12.1 Å². The van der Waals surface area contributed by atoms with Crippen LogP contribution in [0, 0.1) is 0 Å². The van der Waals surface area contributed by atoms with Crippen LogP contribution in [-0.2, 0) is 12.3 Å². The minimum atomic E-state index is -5.99. The topological polar surface area (TPSA) is 83.7 Å². The second-order valence-corrected chi connectivity index (χ2v) is 6.86. The van der Waals surface area contributed by atoms with E-state index in [4.69, 9.17) is 27.9 Å². The van der Waals surface area contributed by atoms with Crippen molar-refractivity contribution in [1.29, 1.82) is 0 Å². The van der Waals surface area contributed by atoms with E-state index in [0.717, 1.165) is 0 Å². The maximum Gasteiger partial charge on any atom is 0.459 e. The Morgan fingerprint density at radius 2 is 1.83 bits per heavy atom. The number of aromatic nitrogens is 4. The van der Waals surface area contributed by atoms with Crippen LogP contribution in [-0.4, -0.2) is 33.5 Å². The average Bonchev–Trinajstić information content (AvgIpc) is 3.13. The first-order chi connectivity index (χ1) is 14.0. The number of nitrogens with zero attached hydrogens (tertiary/aromatic N) is 2. The van der Waals surface area contributed by atoms with Crippen LogP contribution < -0.4 is 10.3 Å². The van der Waals surface area contributed by atoms with Crippen molar-refractivity contribution >= 4 is 23.2 Å². The molecule has 13 heteroatoms. The third-order valence-electron chi connectivity index (χ3n) is 4.08. The summed E-state index contributed by atoms with van der Waals surface area (Å²) in [6, 6.07) is 3.92. The highest BCUT2D eigenvalue weighted by Gasteiger charge is 2.61. The number of halogens is 7. The van der Waals surface area contributed by atoms with Crippen molar-refractivity contribution in [2.24, 2.45) is 0 Å². The molecule has 6 nitrogen and oxygen atoms in total. The van der Waals surface area contributed by atoms with Gasteiger partial charge < -0.3 is 9.72 Å². The fourth-order valence-corrected chi connectivity index (χ4v) is 2.95. The number of alkyl halides is 5. The Morgan fingerprint density at radius 1 is 1.13 bits per heavy atom. The summed E-state index contributed by atoms with van der Waals surface area (Å²) in [7, 11) is 1.22. The van der Waals surface area contributed by atoms with Crippen molar-refractivity contribution < 1.29 is 26.7 Å². The van der Waals surface area contributed by atoms with Crippen LogP contribution in [0.5, 0.6) is 5.75 Å². The van der Waals surface area contributed by atoms with E-state index in [9.17, 15) is 26.7 Å². The number of H-pyrrole nitrogens is 2. The lowest BCUT2D eigenvalue weighted by molar-refractivity contribution is -0.291. The fourth-order valence-electron chi connectivity index (χ4n) is 2.63. The number of ether oxygens (including phenoxy) is 1. The number of nitrogens with one attached hydrogen (secondary N) is 2. The van der Waals surface area contributed by atoms with Gasteiger partial charge in [0, 0.05) is 12.0 Å². The molecule has 3 rings (SSSR count). The lowest BCUT2D eigenvalue weighted by Crippen LogP contribution is -2.38. The molecule has 0 aliphatic rings. The molecule has 3 aromatic rings. The van der Waals surface area contributed by atoms with Crippen molar-refractivity contribution in [1.82, 2.24) is 20.2 Å². The zero-order valence-corrected chi connectivity index (χ0v) is 16.4. The molecule has 0 saturated heterocycles. The van der Waals surface area contributed by atoms with Crippen LogP contribution in [0.4, 0.5) is 22.0 Å². The molecular formula is C17H11Cl2F5N4O2. The summed E-state index contributed by atoms with van der Waals surface area (Å²) >= 11 is 11.6. The third kappa shape index (κ3) is 3.99. The number of rotatable bonds is 5. The van der Waals surface area contributed by atoms with Gasteiger partial charge in [-0.15, -0.1) is 0 Å². The second-order valence-electron chi connectivity index (χ2n) is 6.04. The van der Waals surface area contributed by atoms with E-state index in [0.29, 0.717) is 0 Å². The van der Waals surface area contributed by atoms with E-state index in [-0.39, 0.29) is 27.1 Å². The number of hydrogen-bond donors (Lipinski definition) is 2. The number of methoxy groups -OCH3 is 1. The first-order valence-electron chi connectivity index (χ1n) is 8.06. The molecule has 0 saturated carbocycles. The van der Waals surface area contributed by atoms with Gasteiger partial charge in [-0.25, -0.2) is 4.98 Å². The van der Waals surface area contributed by atoms with Crippen molar-refractivity contribution in [2.75, 3.05) is 7.11 Å². The van der Waals surface area contributed by atoms with Gasteiger partial charge in [-0.2, -0.15) is 27.1 Å². The molecule has 0 amide bonds. The van der Waals surface area contributed by atoms with Gasteiger partial charge in [0.15, 0.2) is 17.3 Å². The molecule has 2 heterocycles. The Morgan fingerprint density at radius 3 is 2.43 bits per heavy atom.